The molecule has 1 aromatic rings. The molecule has 1 unspecified atom stereocenters. The summed E-state index contributed by atoms with van der Waals surface area (Å²) in [5.41, 5.74) is 0.765. The number of halogens is 3. The average molecular weight is 413 g/mol. The molecule has 2 saturated heterocycles. The van der Waals surface area contributed by atoms with Crippen LogP contribution in [0, 0.1) is 0 Å². The van der Waals surface area contributed by atoms with Gasteiger partial charge in [0.15, 0.2) is 12.6 Å². The van der Waals surface area contributed by atoms with E-state index in [0.717, 1.165) is 5.56 Å². The van der Waals surface area contributed by atoms with Crippen molar-refractivity contribution in [3.8, 4) is 0 Å². The molecule has 6 atom stereocenters. The standard InChI is InChI=1S/C15H16Cl3NO6/c16-15(17,18)14(22)19-9-10(20)11-8(24-12(9)21)6-23-13(25-11)7-4-2-1-3-5-7/h1-5,8-13,20-21H,6H2,(H,19,22)/t8-,9-,10-,11-,12?,13-/m1/s1. The lowest BCUT2D eigenvalue weighted by atomic mass is 9.96. The second-order valence-electron chi connectivity index (χ2n) is 5.73. The van der Waals surface area contributed by atoms with E-state index in [1.807, 2.05) is 30.3 Å². The molecule has 3 rings (SSSR count). The van der Waals surface area contributed by atoms with Gasteiger partial charge in [0.05, 0.1) is 6.61 Å². The molecule has 25 heavy (non-hydrogen) atoms. The van der Waals surface area contributed by atoms with Crippen molar-refractivity contribution in [2.45, 2.75) is 40.7 Å². The highest BCUT2D eigenvalue weighted by Crippen LogP contribution is 2.34. The van der Waals surface area contributed by atoms with E-state index in [1.165, 1.54) is 0 Å². The van der Waals surface area contributed by atoms with Crippen LogP contribution in [0.2, 0.25) is 0 Å². The fraction of sp³-hybridized carbons (Fsp3) is 0.533. The summed E-state index contributed by atoms with van der Waals surface area (Å²) < 4.78 is 14.5. The third kappa shape index (κ3) is 4.20. The third-order valence-corrected chi connectivity index (χ3v) is 4.53. The van der Waals surface area contributed by atoms with Crippen LogP contribution in [-0.2, 0) is 19.0 Å². The SMILES string of the molecule is O=C(N[C@H]1C(O)O[C@@H]2CO[C@@H](c3ccccc3)O[C@H]2[C@@H]1O)C(Cl)(Cl)Cl. The Bertz CT molecular complexity index is 613. The van der Waals surface area contributed by atoms with Crippen LogP contribution in [0.15, 0.2) is 30.3 Å². The van der Waals surface area contributed by atoms with Gasteiger partial charge in [0.25, 0.3) is 9.70 Å². The number of carbonyl (C=O) groups excluding carboxylic acids is 1. The highest BCUT2D eigenvalue weighted by Gasteiger charge is 2.50. The summed E-state index contributed by atoms with van der Waals surface area (Å²) >= 11 is 16.5. The van der Waals surface area contributed by atoms with Crippen LogP contribution < -0.4 is 5.32 Å². The number of ether oxygens (including phenoxy) is 3. The van der Waals surface area contributed by atoms with Gasteiger partial charge in [-0.1, -0.05) is 65.1 Å². The van der Waals surface area contributed by atoms with E-state index in [-0.39, 0.29) is 6.61 Å². The maximum absolute atomic E-state index is 11.8. The molecule has 3 N–H and O–H groups in total. The Hall–Kier alpha value is -0.640. The predicted molar refractivity (Wildman–Crippen MR) is 89.1 cm³/mol. The van der Waals surface area contributed by atoms with Gasteiger partial charge < -0.3 is 29.7 Å². The van der Waals surface area contributed by atoms with Crippen molar-refractivity contribution in [1.29, 1.82) is 0 Å². The number of alkyl halides is 3. The van der Waals surface area contributed by atoms with Gasteiger partial charge in [0.1, 0.15) is 24.4 Å². The molecule has 1 aromatic carbocycles. The van der Waals surface area contributed by atoms with E-state index in [2.05, 4.69) is 5.32 Å². The predicted octanol–water partition coefficient (Wildman–Crippen LogP) is 1.03. The van der Waals surface area contributed by atoms with Gasteiger partial charge in [0, 0.05) is 5.56 Å². The molecular weight excluding hydrogens is 397 g/mol. The number of fused-ring (bicyclic) bond motifs is 1. The number of aliphatic hydroxyl groups is 2. The van der Waals surface area contributed by atoms with E-state index in [0.29, 0.717) is 0 Å². The van der Waals surface area contributed by atoms with Gasteiger partial charge in [-0.25, -0.2) is 0 Å². The van der Waals surface area contributed by atoms with E-state index >= 15 is 0 Å². The Kier molecular flexibility index (Phi) is 5.77. The molecule has 1 amide bonds. The molecule has 0 spiro atoms. The third-order valence-electron chi connectivity index (χ3n) is 4.01. The van der Waals surface area contributed by atoms with Crippen LogP contribution >= 0.6 is 34.8 Å². The first-order valence-electron chi connectivity index (χ1n) is 7.48. The van der Waals surface area contributed by atoms with Gasteiger partial charge in [-0.3, -0.25) is 4.79 Å². The van der Waals surface area contributed by atoms with Gasteiger partial charge in [-0.15, -0.1) is 0 Å². The molecule has 0 aromatic heterocycles. The molecule has 10 heteroatoms. The largest absolute Gasteiger partial charge is 0.388 e. The summed E-state index contributed by atoms with van der Waals surface area (Å²) in [4.78, 5) is 11.8. The molecule has 2 heterocycles. The number of carbonyl (C=O) groups is 1. The summed E-state index contributed by atoms with van der Waals surface area (Å²) in [5, 5.41) is 22.9. The zero-order valence-electron chi connectivity index (χ0n) is 12.7. The number of hydrogen-bond donors (Lipinski definition) is 3. The average Bonchev–Trinajstić information content (AvgIpc) is 2.58. The quantitative estimate of drug-likeness (QED) is 0.628. The molecule has 0 bridgehead atoms. The van der Waals surface area contributed by atoms with Crippen LogP contribution in [0.5, 0.6) is 0 Å². The van der Waals surface area contributed by atoms with Crippen LogP contribution in [0.1, 0.15) is 11.9 Å². The van der Waals surface area contributed by atoms with Crippen molar-refractivity contribution in [3.05, 3.63) is 35.9 Å². The Morgan fingerprint density at radius 3 is 2.48 bits per heavy atom. The van der Waals surface area contributed by atoms with Crippen molar-refractivity contribution in [3.63, 3.8) is 0 Å². The van der Waals surface area contributed by atoms with Crippen LogP contribution in [-0.4, -0.2) is 57.2 Å². The molecule has 2 fully saturated rings. The van der Waals surface area contributed by atoms with E-state index in [4.69, 9.17) is 49.0 Å². The number of benzene rings is 1. The highest BCUT2D eigenvalue weighted by atomic mass is 35.6. The van der Waals surface area contributed by atoms with Gasteiger partial charge in [-0.05, 0) is 0 Å². The molecule has 0 saturated carbocycles. The van der Waals surface area contributed by atoms with Crippen molar-refractivity contribution in [2.24, 2.45) is 0 Å². The lowest BCUT2D eigenvalue weighted by Crippen LogP contribution is -2.67. The smallest absolute Gasteiger partial charge is 0.272 e. The fourth-order valence-electron chi connectivity index (χ4n) is 2.78. The minimum Gasteiger partial charge on any atom is -0.388 e. The summed E-state index contributed by atoms with van der Waals surface area (Å²) in [6.45, 7) is 0.101. The van der Waals surface area contributed by atoms with Crippen LogP contribution in [0.4, 0.5) is 0 Å². The second-order valence-corrected chi connectivity index (χ2v) is 8.01. The molecule has 2 aliphatic heterocycles. The second kappa shape index (κ2) is 7.54. The lowest BCUT2D eigenvalue weighted by molar-refractivity contribution is -0.337. The summed E-state index contributed by atoms with van der Waals surface area (Å²) in [5.74, 6) is -0.991. The Labute approximate surface area is 158 Å². The maximum atomic E-state index is 11.8. The summed E-state index contributed by atoms with van der Waals surface area (Å²) in [7, 11) is 0. The number of nitrogens with one attached hydrogen (secondary N) is 1. The van der Waals surface area contributed by atoms with Crippen molar-refractivity contribution in [2.75, 3.05) is 6.61 Å². The number of aliphatic hydroxyl groups excluding tert-OH is 2. The Balaban J connectivity index is 1.73. The van der Waals surface area contributed by atoms with Gasteiger partial charge in [0.2, 0.25) is 0 Å². The number of rotatable bonds is 2. The summed E-state index contributed by atoms with van der Waals surface area (Å²) in [6, 6.07) is 7.92. The Morgan fingerprint density at radius 1 is 1.16 bits per heavy atom. The molecule has 0 radical (unpaired) electrons. The van der Waals surface area contributed by atoms with Crippen LogP contribution in [0.3, 0.4) is 0 Å². The lowest BCUT2D eigenvalue weighted by Gasteiger charge is -2.46. The van der Waals surface area contributed by atoms with E-state index in [1.54, 1.807) is 0 Å². The number of amides is 1. The van der Waals surface area contributed by atoms with Crippen molar-refractivity contribution in [1.82, 2.24) is 5.32 Å². The number of hydrogen-bond acceptors (Lipinski definition) is 6. The van der Waals surface area contributed by atoms with Gasteiger partial charge >= 0.3 is 0 Å². The van der Waals surface area contributed by atoms with Crippen LogP contribution in [0.25, 0.3) is 0 Å². The topological polar surface area (TPSA) is 97.3 Å². The zero-order valence-corrected chi connectivity index (χ0v) is 15.0. The first kappa shape index (κ1) is 19.1. The summed E-state index contributed by atoms with van der Waals surface area (Å²) in [6.07, 6.45) is -5.05. The zero-order chi connectivity index (χ0) is 18.2. The van der Waals surface area contributed by atoms with E-state index in [9.17, 15) is 15.0 Å². The first-order valence-corrected chi connectivity index (χ1v) is 8.62. The maximum Gasteiger partial charge on any atom is 0.272 e. The minimum atomic E-state index is -2.24. The van der Waals surface area contributed by atoms with Crippen molar-refractivity contribution < 1.29 is 29.2 Å². The molecule has 2 aliphatic rings. The first-order chi connectivity index (χ1) is 11.8. The normalized spacial score (nSPS) is 35.7. The Morgan fingerprint density at radius 2 is 1.84 bits per heavy atom. The molecular formula is C15H16Cl3NO6. The minimum absolute atomic E-state index is 0.101. The van der Waals surface area contributed by atoms with E-state index < -0.39 is 46.6 Å². The highest BCUT2D eigenvalue weighted by molar-refractivity contribution is 6.76. The fourth-order valence-corrected chi connectivity index (χ4v) is 2.94. The molecule has 0 aliphatic carbocycles. The van der Waals surface area contributed by atoms with Gasteiger partial charge in [-0.2, -0.15) is 0 Å². The van der Waals surface area contributed by atoms with Crippen molar-refractivity contribution >= 4 is 40.7 Å². The molecule has 138 valence electrons. The monoisotopic (exact) mass is 411 g/mol. The molecule has 7 nitrogen and oxygen atoms in total.